The lowest BCUT2D eigenvalue weighted by atomic mass is 10.00. The van der Waals surface area contributed by atoms with Crippen molar-refractivity contribution in [3.63, 3.8) is 0 Å². The van der Waals surface area contributed by atoms with E-state index in [0.717, 1.165) is 29.5 Å². The van der Waals surface area contributed by atoms with Gasteiger partial charge < -0.3 is 15.4 Å². The lowest BCUT2D eigenvalue weighted by molar-refractivity contribution is 0.454. The number of fused-ring (bicyclic) bond motifs is 1. The van der Waals surface area contributed by atoms with Gasteiger partial charge in [-0.3, -0.25) is 4.98 Å². The van der Waals surface area contributed by atoms with E-state index in [9.17, 15) is 9.90 Å². The maximum absolute atomic E-state index is 11.5. The summed E-state index contributed by atoms with van der Waals surface area (Å²) in [6, 6.07) is 18.7. The summed E-state index contributed by atoms with van der Waals surface area (Å²) < 4.78 is 1.58. The van der Waals surface area contributed by atoms with Crippen LogP contribution in [0.4, 0.5) is 5.95 Å². The molecule has 1 aliphatic rings. The van der Waals surface area contributed by atoms with Gasteiger partial charge >= 0.3 is 5.69 Å². The summed E-state index contributed by atoms with van der Waals surface area (Å²) in [7, 11) is 0. The summed E-state index contributed by atoms with van der Waals surface area (Å²) in [6.07, 6.45) is 5.27. The Balaban J connectivity index is 1.40. The average Bonchev–Trinajstić information content (AvgIpc) is 3.51. The highest BCUT2D eigenvalue weighted by atomic mass is 16.3. The Morgan fingerprint density at radius 3 is 2.66 bits per heavy atom. The molecule has 0 unspecified atom stereocenters. The molecular weight excluding hydrogens is 444 g/mol. The number of aromatic hydroxyl groups is 1. The number of rotatable bonds is 6. The molecular formula is C25H22N8O2. The van der Waals surface area contributed by atoms with E-state index in [2.05, 4.69) is 54.6 Å². The molecule has 0 aliphatic heterocycles. The fourth-order valence-electron chi connectivity index (χ4n) is 3.91. The monoisotopic (exact) mass is 466 g/mol. The Labute approximate surface area is 198 Å². The molecule has 2 aromatic carbocycles. The second-order valence-corrected chi connectivity index (χ2v) is 8.41. The first-order valence-electron chi connectivity index (χ1n) is 11.3. The van der Waals surface area contributed by atoms with Crippen molar-refractivity contribution >= 4 is 17.7 Å². The summed E-state index contributed by atoms with van der Waals surface area (Å²) in [6.45, 7) is 0.517. The maximum atomic E-state index is 11.5. The zero-order valence-corrected chi connectivity index (χ0v) is 18.6. The van der Waals surface area contributed by atoms with Gasteiger partial charge in [-0.1, -0.05) is 54.6 Å². The van der Waals surface area contributed by atoms with Gasteiger partial charge in [-0.25, -0.2) is 9.79 Å². The van der Waals surface area contributed by atoms with Gasteiger partial charge in [-0.2, -0.15) is 19.6 Å². The van der Waals surface area contributed by atoms with E-state index in [1.807, 2.05) is 30.3 Å². The molecule has 4 N–H and O–H groups in total. The molecule has 0 bridgehead atoms. The fourth-order valence-corrected chi connectivity index (χ4v) is 3.91. The lowest BCUT2D eigenvalue weighted by Gasteiger charge is -2.11. The minimum Gasteiger partial charge on any atom is -0.493 e. The van der Waals surface area contributed by atoms with Crippen LogP contribution < -0.4 is 21.8 Å². The van der Waals surface area contributed by atoms with Crippen LogP contribution in [0.5, 0.6) is 5.88 Å². The van der Waals surface area contributed by atoms with Crippen molar-refractivity contribution < 1.29 is 5.11 Å². The molecule has 0 radical (unpaired) electrons. The van der Waals surface area contributed by atoms with Crippen LogP contribution in [0.3, 0.4) is 0 Å². The molecule has 0 spiro atoms. The Kier molecular flexibility index (Phi) is 5.10. The molecule has 174 valence electrons. The van der Waals surface area contributed by atoms with Gasteiger partial charge in [0.25, 0.3) is 5.62 Å². The van der Waals surface area contributed by atoms with Crippen molar-refractivity contribution in [2.24, 2.45) is 4.99 Å². The maximum Gasteiger partial charge on any atom is 0.326 e. The molecule has 10 nitrogen and oxygen atoms in total. The molecule has 1 fully saturated rings. The summed E-state index contributed by atoms with van der Waals surface area (Å²) in [4.78, 5) is 30.4. The van der Waals surface area contributed by atoms with Crippen LogP contribution in [0, 0.1) is 0 Å². The summed E-state index contributed by atoms with van der Waals surface area (Å²) in [5.41, 5.74) is 4.10. The van der Waals surface area contributed by atoms with Crippen molar-refractivity contribution in [2.45, 2.75) is 25.4 Å². The SMILES string of the molecule is O=c1[nH]c(O)c(C=c2cnn3c(=NC4CC4)nc(NCc4ccccc4-c4ccccc4)nc23)[nH]1. The van der Waals surface area contributed by atoms with Crippen molar-refractivity contribution in [2.75, 3.05) is 5.32 Å². The first kappa shape index (κ1) is 20.8. The minimum atomic E-state index is -0.497. The highest BCUT2D eigenvalue weighted by Crippen LogP contribution is 2.24. The standard InChI is InChI=1S/C25H22N8O2/c34-22-20(29-25(35)31-22)12-17-14-27-33-21(17)30-23(32-24(33)28-18-10-11-18)26-13-16-8-4-5-9-19(16)15-6-2-1-3-7-15/h1-9,12,14,18,34H,10-11,13H2,(H,26,28,32)(H2,29,31,35). The van der Waals surface area contributed by atoms with E-state index in [1.54, 1.807) is 16.8 Å². The van der Waals surface area contributed by atoms with Gasteiger partial charge in [-0.05, 0) is 35.6 Å². The number of nitrogens with one attached hydrogen (secondary N) is 3. The molecule has 1 saturated carbocycles. The first-order chi connectivity index (χ1) is 17.1. The molecule has 3 heterocycles. The van der Waals surface area contributed by atoms with E-state index < -0.39 is 5.69 Å². The van der Waals surface area contributed by atoms with Crippen molar-refractivity contribution in [3.8, 4) is 17.0 Å². The van der Waals surface area contributed by atoms with Crippen LogP contribution in [-0.2, 0) is 6.54 Å². The number of aromatic nitrogens is 6. The van der Waals surface area contributed by atoms with E-state index in [-0.39, 0.29) is 17.6 Å². The molecule has 10 heteroatoms. The second kappa shape index (κ2) is 8.56. The van der Waals surface area contributed by atoms with Gasteiger partial charge in [-0.15, -0.1) is 0 Å². The van der Waals surface area contributed by atoms with Crippen molar-refractivity contribution in [1.29, 1.82) is 0 Å². The molecule has 1 aliphatic carbocycles. The largest absolute Gasteiger partial charge is 0.493 e. The van der Waals surface area contributed by atoms with E-state index in [4.69, 9.17) is 4.99 Å². The van der Waals surface area contributed by atoms with Crippen LogP contribution >= 0.6 is 0 Å². The lowest BCUT2D eigenvalue weighted by Crippen LogP contribution is -2.24. The Bertz CT molecular complexity index is 1700. The quantitative estimate of drug-likeness (QED) is 0.301. The van der Waals surface area contributed by atoms with Crippen LogP contribution in [0.1, 0.15) is 24.1 Å². The highest BCUT2D eigenvalue weighted by molar-refractivity contribution is 5.67. The van der Waals surface area contributed by atoms with Crippen molar-refractivity contribution in [3.05, 3.63) is 93.4 Å². The van der Waals surface area contributed by atoms with Gasteiger partial charge in [0.1, 0.15) is 5.69 Å². The Hall–Kier alpha value is -4.73. The number of H-pyrrole nitrogens is 2. The second-order valence-electron chi connectivity index (χ2n) is 8.41. The smallest absolute Gasteiger partial charge is 0.326 e. The number of imidazole rings is 1. The molecule has 3 aromatic heterocycles. The molecule has 35 heavy (non-hydrogen) atoms. The number of nitrogens with zero attached hydrogens (tertiary/aromatic N) is 5. The predicted molar refractivity (Wildman–Crippen MR) is 130 cm³/mol. The van der Waals surface area contributed by atoms with Gasteiger partial charge in [0.05, 0.1) is 12.2 Å². The fraction of sp³-hybridized carbons (Fsp3) is 0.160. The van der Waals surface area contributed by atoms with E-state index >= 15 is 0 Å². The van der Waals surface area contributed by atoms with Gasteiger partial charge in [0.2, 0.25) is 11.8 Å². The zero-order chi connectivity index (χ0) is 23.8. The minimum absolute atomic E-state index is 0.237. The molecule has 0 amide bonds. The first-order valence-corrected chi connectivity index (χ1v) is 11.3. The predicted octanol–water partition coefficient (Wildman–Crippen LogP) is 1.74. The molecule has 5 aromatic rings. The number of anilines is 1. The summed E-state index contributed by atoms with van der Waals surface area (Å²) in [5.74, 6) is 0.170. The van der Waals surface area contributed by atoms with Crippen molar-refractivity contribution in [1.82, 2.24) is 29.5 Å². The van der Waals surface area contributed by atoms with E-state index in [0.29, 0.717) is 29.0 Å². The average molecular weight is 467 g/mol. The van der Waals surface area contributed by atoms with Crippen LogP contribution in [0.2, 0.25) is 0 Å². The summed E-state index contributed by atoms with van der Waals surface area (Å²) in [5, 5.41) is 18.3. The Morgan fingerprint density at radius 2 is 1.89 bits per heavy atom. The van der Waals surface area contributed by atoms with E-state index in [1.165, 1.54) is 0 Å². The normalized spacial score (nSPS) is 14.6. The number of aromatic amines is 2. The van der Waals surface area contributed by atoms with Gasteiger partial charge in [0, 0.05) is 11.8 Å². The van der Waals surface area contributed by atoms with Crippen LogP contribution in [0.25, 0.3) is 22.9 Å². The third-order valence-corrected chi connectivity index (χ3v) is 5.80. The number of hydrogen-bond donors (Lipinski definition) is 4. The third-order valence-electron chi connectivity index (χ3n) is 5.80. The highest BCUT2D eigenvalue weighted by Gasteiger charge is 2.21. The zero-order valence-electron chi connectivity index (χ0n) is 18.6. The van der Waals surface area contributed by atoms with Crippen LogP contribution in [0.15, 0.2) is 70.6 Å². The molecule has 0 atom stereocenters. The molecule has 0 saturated heterocycles. The Morgan fingerprint density at radius 1 is 1.09 bits per heavy atom. The topological polar surface area (TPSA) is 136 Å². The van der Waals surface area contributed by atoms with Crippen LogP contribution in [-0.4, -0.2) is 40.7 Å². The number of hydrogen-bond acceptors (Lipinski definition) is 7. The molecule has 6 rings (SSSR count). The van der Waals surface area contributed by atoms with Gasteiger partial charge in [0.15, 0.2) is 5.65 Å². The third kappa shape index (κ3) is 4.29. The summed E-state index contributed by atoms with van der Waals surface area (Å²) >= 11 is 0. The number of benzene rings is 2.